The highest BCUT2D eigenvalue weighted by molar-refractivity contribution is 7.89. The molecule has 0 atom stereocenters. The average molecular weight is 424 g/mol. The number of carbonyl (C=O) groups excluding carboxylic acids is 2. The first-order valence-corrected chi connectivity index (χ1v) is 10.3. The van der Waals surface area contributed by atoms with E-state index in [1.807, 2.05) is 0 Å². The van der Waals surface area contributed by atoms with Gasteiger partial charge in [0.15, 0.2) is 0 Å². The minimum absolute atomic E-state index is 0.0177. The summed E-state index contributed by atoms with van der Waals surface area (Å²) in [5.74, 6) is -0.943. The predicted octanol–water partition coefficient (Wildman–Crippen LogP) is 2.70. The molecule has 2 aromatic carbocycles. The maximum absolute atomic E-state index is 12.6. The van der Waals surface area contributed by atoms with E-state index < -0.39 is 27.4 Å². The molecule has 4 N–H and O–H groups in total. The first-order valence-electron chi connectivity index (χ1n) is 8.39. The van der Waals surface area contributed by atoms with Crippen molar-refractivity contribution in [1.29, 1.82) is 0 Å². The maximum atomic E-state index is 12.6. The Kier molecular flexibility index (Phi) is 6.48. The van der Waals surface area contributed by atoms with Gasteiger partial charge >= 0.3 is 0 Å². The summed E-state index contributed by atoms with van der Waals surface area (Å²) in [5.41, 5.74) is 5.79. The number of amides is 2. The van der Waals surface area contributed by atoms with Crippen LogP contribution < -0.4 is 15.8 Å². The molecular formula is C19H22ClN3O4S. The number of carbonyl (C=O) groups is 2. The van der Waals surface area contributed by atoms with Crippen LogP contribution in [0, 0.1) is 0 Å². The van der Waals surface area contributed by atoms with Crippen molar-refractivity contribution in [2.45, 2.75) is 37.6 Å². The number of halogens is 1. The molecule has 0 fully saturated rings. The Hall–Kier alpha value is -2.42. The number of sulfonamides is 1. The third kappa shape index (κ3) is 6.05. The van der Waals surface area contributed by atoms with Gasteiger partial charge < -0.3 is 11.1 Å². The monoisotopic (exact) mass is 423 g/mol. The van der Waals surface area contributed by atoms with Crippen LogP contribution in [-0.2, 0) is 21.2 Å². The van der Waals surface area contributed by atoms with Gasteiger partial charge in [-0.05, 0) is 56.7 Å². The molecule has 2 rings (SSSR count). The smallest absolute Gasteiger partial charge is 0.255 e. The van der Waals surface area contributed by atoms with Gasteiger partial charge in [0.25, 0.3) is 5.91 Å². The minimum Gasteiger partial charge on any atom is -0.369 e. The van der Waals surface area contributed by atoms with Crippen molar-refractivity contribution >= 4 is 39.1 Å². The van der Waals surface area contributed by atoms with Gasteiger partial charge in [0.1, 0.15) is 4.90 Å². The van der Waals surface area contributed by atoms with E-state index in [2.05, 4.69) is 10.0 Å². The van der Waals surface area contributed by atoms with E-state index in [0.717, 1.165) is 5.56 Å². The summed E-state index contributed by atoms with van der Waals surface area (Å²) < 4.78 is 27.6. The van der Waals surface area contributed by atoms with Crippen LogP contribution in [0.15, 0.2) is 47.4 Å². The number of hydrogen-bond acceptors (Lipinski definition) is 4. The van der Waals surface area contributed by atoms with Gasteiger partial charge in [-0.25, -0.2) is 13.1 Å². The normalized spacial score (nSPS) is 11.9. The molecule has 0 bridgehead atoms. The highest BCUT2D eigenvalue weighted by Gasteiger charge is 2.25. The fourth-order valence-corrected chi connectivity index (χ4v) is 4.36. The fourth-order valence-electron chi connectivity index (χ4n) is 2.42. The van der Waals surface area contributed by atoms with Crippen LogP contribution in [0.1, 0.15) is 36.7 Å². The van der Waals surface area contributed by atoms with E-state index in [1.54, 1.807) is 45.0 Å². The molecule has 0 aliphatic rings. The zero-order valence-corrected chi connectivity index (χ0v) is 17.3. The number of nitrogens with one attached hydrogen (secondary N) is 2. The van der Waals surface area contributed by atoms with Crippen molar-refractivity contribution in [3.63, 3.8) is 0 Å². The van der Waals surface area contributed by atoms with Crippen molar-refractivity contribution in [2.75, 3.05) is 5.32 Å². The number of anilines is 1. The molecule has 28 heavy (non-hydrogen) atoms. The molecule has 0 saturated heterocycles. The van der Waals surface area contributed by atoms with Crippen LogP contribution in [0.3, 0.4) is 0 Å². The standard InChI is InChI=1S/C19H22ClN3O4S/c1-19(2,3)23-28(26,27)16-11-13(6-9-15(16)20)18(25)22-14-7-4-12(5-8-14)10-17(21)24/h4-9,11,23H,10H2,1-3H3,(H2,21,24)(H,22,25). The first kappa shape index (κ1) is 21.9. The van der Waals surface area contributed by atoms with E-state index >= 15 is 0 Å². The second kappa shape index (κ2) is 8.30. The molecular weight excluding hydrogens is 402 g/mol. The highest BCUT2D eigenvalue weighted by atomic mass is 35.5. The van der Waals surface area contributed by atoms with Crippen molar-refractivity contribution in [2.24, 2.45) is 5.73 Å². The van der Waals surface area contributed by atoms with Gasteiger partial charge in [0, 0.05) is 16.8 Å². The molecule has 2 amide bonds. The lowest BCUT2D eigenvalue weighted by molar-refractivity contribution is -0.117. The molecule has 7 nitrogen and oxygen atoms in total. The zero-order chi connectivity index (χ0) is 21.1. The summed E-state index contributed by atoms with van der Waals surface area (Å²) in [4.78, 5) is 23.3. The predicted molar refractivity (Wildman–Crippen MR) is 109 cm³/mol. The third-order valence-corrected chi connectivity index (χ3v) is 5.75. The molecule has 0 aliphatic heterocycles. The van der Waals surface area contributed by atoms with Gasteiger partial charge in [-0.15, -0.1) is 0 Å². The molecule has 0 radical (unpaired) electrons. The molecule has 0 aliphatic carbocycles. The second-order valence-electron chi connectivity index (χ2n) is 7.29. The summed E-state index contributed by atoms with van der Waals surface area (Å²) in [7, 11) is -3.90. The van der Waals surface area contributed by atoms with Crippen molar-refractivity contribution in [1.82, 2.24) is 4.72 Å². The van der Waals surface area contributed by atoms with Gasteiger partial charge in [0.2, 0.25) is 15.9 Å². The minimum atomic E-state index is -3.90. The van der Waals surface area contributed by atoms with Crippen LogP contribution in [0.25, 0.3) is 0 Å². The quantitative estimate of drug-likeness (QED) is 0.661. The van der Waals surface area contributed by atoms with Crippen LogP contribution >= 0.6 is 11.6 Å². The van der Waals surface area contributed by atoms with Gasteiger partial charge in [0.05, 0.1) is 11.4 Å². The second-order valence-corrected chi connectivity index (χ2v) is 9.35. The van der Waals surface area contributed by atoms with Crippen molar-refractivity contribution < 1.29 is 18.0 Å². The van der Waals surface area contributed by atoms with Crippen LogP contribution in [0.2, 0.25) is 5.02 Å². The van der Waals surface area contributed by atoms with E-state index in [4.69, 9.17) is 17.3 Å². The van der Waals surface area contributed by atoms with Crippen molar-refractivity contribution in [3.05, 3.63) is 58.6 Å². The Morgan fingerprint density at radius 1 is 1.07 bits per heavy atom. The van der Waals surface area contributed by atoms with E-state index in [1.165, 1.54) is 18.2 Å². The number of primary amides is 1. The summed E-state index contributed by atoms with van der Waals surface area (Å²) in [5, 5.41) is 2.69. The zero-order valence-electron chi connectivity index (χ0n) is 15.7. The lowest BCUT2D eigenvalue weighted by Gasteiger charge is -2.21. The number of rotatable bonds is 6. The Bertz CT molecular complexity index is 997. The number of benzene rings is 2. The molecule has 0 heterocycles. The first-order chi connectivity index (χ1) is 12.9. The molecule has 0 unspecified atom stereocenters. The SMILES string of the molecule is CC(C)(C)NS(=O)(=O)c1cc(C(=O)Nc2ccc(CC(N)=O)cc2)ccc1Cl. The lowest BCUT2D eigenvalue weighted by atomic mass is 10.1. The topological polar surface area (TPSA) is 118 Å². The van der Waals surface area contributed by atoms with Crippen LogP contribution in [0.4, 0.5) is 5.69 Å². The van der Waals surface area contributed by atoms with Gasteiger partial charge in [-0.1, -0.05) is 23.7 Å². The molecule has 0 spiro atoms. The summed E-state index contributed by atoms with van der Waals surface area (Å²) in [6.07, 6.45) is 0.105. The van der Waals surface area contributed by atoms with Gasteiger partial charge in [-0.2, -0.15) is 0 Å². The molecule has 9 heteroatoms. The summed E-state index contributed by atoms with van der Waals surface area (Å²) >= 11 is 6.04. The number of hydrogen-bond donors (Lipinski definition) is 3. The Balaban J connectivity index is 2.24. The Morgan fingerprint density at radius 2 is 1.68 bits per heavy atom. The van der Waals surface area contributed by atoms with E-state index in [-0.39, 0.29) is 21.9 Å². The molecule has 150 valence electrons. The van der Waals surface area contributed by atoms with Gasteiger partial charge in [-0.3, -0.25) is 9.59 Å². The highest BCUT2D eigenvalue weighted by Crippen LogP contribution is 2.24. The van der Waals surface area contributed by atoms with Crippen LogP contribution in [-0.4, -0.2) is 25.8 Å². The lowest BCUT2D eigenvalue weighted by Crippen LogP contribution is -2.40. The fraction of sp³-hybridized carbons (Fsp3) is 0.263. The summed E-state index contributed by atoms with van der Waals surface area (Å²) in [6, 6.07) is 10.6. The van der Waals surface area contributed by atoms with E-state index in [9.17, 15) is 18.0 Å². The molecule has 2 aromatic rings. The Morgan fingerprint density at radius 3 is 2.21 bits per heavy atom. The van der Waals surface area contributed by atoms with Crippen molar-refractivity contribution in [3.8, 4) is 0 Å². The van der Waals surface area contributed by atoms with E-state index in [0.29, 0.717) is 5.69 Å². The average Bonchev–Trinajstić information content (AvgIpc) is 2.54. The maximum Gasteiger partial charge on any atom is 0.255 e. The largest absolute Gasteiger partial charge is 0.369 e. The number of nitrogens with two attached hydrogens (primary N) is 1. The molecule has 0 aromatic heterocycles. The molecule has 0 saturated carbocycles. The third-order valence-electron chi connectivity index (χ3n) is 3.51. The summed E-state index contributed by atoms with van der Waals surface area (Å²) in [6.45, 7) is 5.12. The Labute approximate surface area is 169 Å². The van der Waals surface area contributed by atoms with Crippen LogP contribution in [0.5, 0.6) is 0 Å².